The second-order valence-electron chi connectivity index (χ2n) is 4.04. The molecular weight excluding hydrogens is 174 g/mol. The van der Waals surface area contributed by atoms with Gasteiger partial charge in [-0.25, -0.2) is 0 Å². The molecule has 0 saturated heterocycles. The van der Waals surface area contributed by atoms with E-state index in [-0.39, 0.29) is 6.61 Å². The molecule has 2 heteroatoms. The summed E-state index contributed by atoms with van der Waals surface area (Å²) in [5.41, 5.74) is 3.26. The number of para-hydroxylation sites is 1. The SMILES string of the molecule is Cc1cccc(CO)c1NCC(C)C. The lowest BCUT2D eigenvalue weighted by atomic mass is 10.1. The van der Waals surface area contributed by atoms with Crippen LogP contribution >= 0.6 is 0 Å². The fraction of sp³-hybridized carbons (Fsp3) is 0.500. The van der Waals surface area contributed by atoms with E-state index in [4.69, 9.17) is 5.11 Å². The third kappa shape index (κ3) is 2.74. The standard InChI is InChI=1S/C12H19NO/c1-9(2)7-13-12-10(3)5-4-6-11(12)8-14/h4-6,9,13-14H,7-8H2,1-3H3. The molecule has 14 heavy (non-hydrogen) atoms. The first-order chi connectivity index (χ1) is 6.65. The highest BCUT2D eigenvalue weighted by molar-refractivity contribution is 5.56. The molecule has 78 valence electrons. The Morgan fingerprint density at radius 1 is 1.36 bits per heavy atom. The molecule has 0 aliphatic heterocycles. The Morgan fingerprint density at radius 3 is 2.64 bits per heavy atom. The molecule has 0 heterocycles. The molecule has 0 saturated carbocycles. The van der Waals surface area contributed by atoms with Crippen LogP contribution in [0.25, 0.3) is 0 Å². The number of rotatable bonds is 4. The van der Waals surface area contributed by atoms with Crippen LogP contribution in [0.5, 0.6) is 0 Å². The normalized spacial score (nSPS) is 10.6. The fourth-order valence-corrected chi connectivity index (χ4v) is 1.42. The highest BCUT2D eigenvalue weighted by Crippen LogP contribution is 2.20. The van der Waals surface area contributed by atoms with Gasteiger partial charge in [-0.3, -0.25) is 0 Å². The largest absolute Gasteiger partial charge is 0.392 e. The van der Waals surface area contributed by atoms with Gasteiger partial charge in [-0.1, -0.05) is 32.0 Å². The number of hydrogen-bond donors (Lipinski definition) is 2. The molecule has 1 aromatic carbocycles. The molecule has 0 aromatic heterocycles. The lowest BCUT2D eigenvalue weighted by molar-refractivity contribution is 0.282. The van der Waals surface area contributed by atoms with E-state index in [9.17, 15) is 0 Å². The topological polar surface area (TPSA) is 32.3 Å². The molecule has 0 atom stereocenters. The first-order valence-electron chi connectivity index (χ1n) is 5.08. The van der Waals surface area contributed by atoms with E-state index in [1.54, 1.807) is 0 Å². The quantitative estimate of drug-likeness (QED) is 0.770. The van der Waals surface area contributed by atoms with Crippen molar-refractivity contribution in [3.8, 4) is 0 Å². The van der Waals surface area contributed by atoms with Crippen LogP contribution in [0.2, 0.25) is 0 Å². The van der Waals surface area contributed by atoms with Crippen molar-refractivity contribution in [2.45, 2.75) is 27.4 Å². The summed E-state index contributed by atoms with van der Waals surface area (Å²) in [6.45, 7) is 7.44. The Bertz CT molecular complexity index is 294. The second kappa shape index (κ2) is 5.01. The number of aliphatic hydroxyl groups excluding tert-OH is 1. The highest BCUT2D eigenvalue weighted by atomic mass is 16.3. The predicted molar refractivity (Wildman–Crippen MR) is 60.4 cm³/mol. The van der Waals surface area contributed by atoms with Crippen LogP contribution in [0.15, 0.2) is 18.2 Å². The first-order valence-corrected chi connectivity index (χ1v) is 5.08. The average molecular weight is 193 g/mol. The minimum Gasteiger partial charge on any atom is -0.392 e. The minimum absolute atomic E-state index is 0.0993. The van der Waals surface area contributed by atoms with Gasteiger partial charge < -0.3 is 10.4 Å². The first kappa shape index (κ1) is 11.1. The van der Waals surface area contributed by atoms with E-state index in [2.05, 4.69) is 32.2 Å². The summed E-state index contributed by atoms with van der Waals surface area (Å²) >= 11 is 0. The molecule has 0 aliphatic rings. The van der Waals surface area contributed by atoms with Gasteiger partial charge in [0.05, 0.1) is 6.61 Å². The number of anilines is 1. The lowest BCUT2D eigenvalue weighted by Crippen LogP contribution is -2.10. The van der Waals surface area contributed by atoms with Gasteiger partial charge in [0.25, 0.3) is 0 Å². The van der Waals surface area contributed by atoms with Crippen LogP contribution in [-0.2, 0) is 6.61 Å². The van der Waals surface area contributed by atoms with Crippen molar-refractivity contribution in [2.24, 2.45) is 5.92 Å². The molecule has 0 radical (unpaired) electrons. The van der Waals surface area contributed by atoms with Crippen LogP contribution in [0, 0.1) is 12.8 Å². The monoisotopic (exact) mass is 193 g/mol. The maximum absolute atomic E-state index is 9.17. The van der Waals surface area contributed by atoms with E-state index in [1.807, 2.05) is 12.1 Å². The third-order valence-electron chi connectivity index (χ3n) is 2.22. The number of aliphatic hydroxyl groups is 1. The van der Waals surface area contributed by atoms with Crippen molar-refractivity contribution in [3.05, 3.63) is 29.3 Å². The number of aryl methyl sites for hydroxylation is 1. The summed E-state index contributed by atoms with van der Waals surface area (Å²) < 4.78 is 0. The zero-order valence-corrected chi connectivity index (χ0v) is 9.17. The zero-order chi connectivity index (χ0) is 10.6. The molecular formula is C12H19NO. The molecule has 0 unspecified atom stereocenters. The molecule has 1 aromatic rings. The van der Waals surface area contributed by atoms with Crippen LogP contribution < -0.4 is 5.32 Å². The van der Waals surface area contributed by atoms with E-state index in [0.29, 0.717) is 5.92 Å². The van der Waals surface area contributed by atoms with Crippen LogP contribution in [0.3, 0.4) is 0 Å². The minimum atomic E-state index is 0.0993. The molecule has 0 amide bonds. The van der Waals surface area contributed by atoms with Gasteiger partial charge in [0.1, 0.15) is 0 Å². The Morgan fingerprint density at radius 2 is 2.07 bits per heavy atom. The molecule has 2 N–H and O–H groups in total. The van der Waals surface area contributed by atoms with Gasteiger partial charge in [0, 0.05) is 17.8 Å². The van der Waals surface area contributed by atoms with Gasteiger partial charge in [-0.05, 0) is 18.4 Å². The van der Waals surface area contributed by atoms with Crippen molar-refractivity contribution in [2.75, 3.05) is 11.9 Å². The smallest absolute Gasteiger partial charge is 0.0702 e. The summed E-state index contributed by atoms with van der Waals surface area (Å²) in [4.78, 5) is 0. The number of benzene rings is 1. The van der Waals surface area contributed by atoms with Gasteiger partial charge in [0.2, 0.25) is 0 Å². The summed E-state index contributed by atoms with van der Waals surface area (Å²) in [5.74, 6) is 0.612. The lowest BCUT2D eigenvalue weighted by Gasteiger charge is -2.14. The van der Waals surface area contributed by atoms with Gasteiger partial charge in [-0.2, -0.15) is 0 Å². The number of nitrogens with one attached hydrogen (secondary N) is 1. The van der Waals surface area contributed by atoms with Crippen LogP contribution in [0.4, 0.5) is 5.69 Å². The van der Waals surface area contributed by atoms with Crippen LogP contribution in [0.1, 0.15) is 25.0 Å². The predicted octanol–water partition coefficient (Wildman–Crippen LogP) is 2.56. The third-order valence-corrected chi connectivity index (χ3v) is 2.22. The molecule has 0 aliphatic carbocycles. The maximum Gasteiger partial charge on any atom is 0.0702 e. The molecule has 0 bridgehead atoms. The Hall–Kier alpha value is -1.02. The van der Waals surface area contributed by atoms with Crippen LogP contribution in [-0.4, -0.2) is 11.7 Å². The Kier molecular flexibility index (Phi) is 3.96. The average Bonchev–Trinajstić information content (AvgIpc) is 2.15. The van der Waals surface area contributed by atoms with Gasteiger partial charge >= 0.3 is 0 Å². The van der Waals surface area contributed by atoms with Crippen molar-refractivity contribution < 1.29 is 5.11 Å². The van der Waals surface area contributed by atoms with Crippen molar-refractivity contribution in [3.63, 3.8) is 0 Å². The molecule has 2 nitrogen and oxygen atoms in total. The van der Waals surface area contributed by atoms with E-state index >= 15 is 0 Å². The van der Waals surface area contributed by atoms with Crippen molar-refractivity contribution in [1.29, 1.82) is 0 Å². The number of hydrogen-bond acceptors (Lipinski definition) is 2. The summed E-state index contributed by atoms with van der Waals surface area (Å²) in [7, 11) is 0. The Balaban J connectivity index is 2.82. The molecule has 1 rings (SSSR count). The maximum atomic E-state index is 9.17. The zero-order valence-electron chi connectivity index (χ0n) is 9.17. The van der Waals surface area contributed by atoms with Gasteiger partial charge in [-0.15, -0.1) is 0 Å². The van der Waals surface area contributed by atoms with E-state index in [0.717, 1.165) is 17.8 Å². The Labute approximate surface area is 86.0 Å². The summed E-state index contributed by atoms with van der Waals surface area (Å²) in [6.07, 6.45) is 0. The van der Waals surface area contributed by atoms with Gasteiger partial charge in [0.15, 0.2) is 0 Å². The van der Waals surface area contributed by atoms with Crippen molar-refractivity contribution in [1.82, 2.24) is 0 Å². The van der Waals surface area contributed by atoms with E-state index < -0.39 is 0 Å². The summed E-state index contributed by atoms with van der Waals surface area (Å²) in [6, 6.07) is 5.99. The van der Waals surface area contributed by atoms with E-state index in [1.165, 1.54) is 5.56 Å². The second-order valence-corrected chi connectivity index (χ2v) is 4.04. The molecule has 0 spiro atoms. The highest BCUT2D eigenvalue weighted by Gasteiger charge is 2.04. The van der Waals surface area contributed by atoms with Crippen molar-refractivity contribution >= 4 is 5.69 Å². The fourth-order valence-electron chi connectivity index (χ4n) is 1.42. The molecule has 0 fully saturated rings. The summed E-state index contributed by atoms with van der Waals surface area (Å²) in [5, 5.41) is 12.5.